The Morgan fingerprint density at radius 2 is 1.70 bits per heavy atom. The first-order valence-corrected chi connectivity index (χ1v) is 6.78. The van der Waals surface area contributed by atoms with Crippen molar-refractivity contribution in [3.8, 4) is 11.5 Å². The van der Waals surface area contributed by atoms with Crippen molar-refractivity contribution in [2.75, 3.05) is 6.61 Å². The third-order valence-electron chi connectivity index (χ3n) is 3.04. The second-order valence-corrected chi connectivity index (χ2v) is 4.54. The molecule has 0 unspecified atom stereocenters. The van der Waals surface area contributed by atoms with E-state index < -0.39 is 0 Å². The second kappa shape index (κ2) is 6.75. The van der Waals surface area contributed by atoms with Gasteiger partial charge in [0, 0.05) is 0 Å². The van der Waals surface area contributed by atoms with Crippen LogP contribution in [0.25, 0.3) is 0 Å². The average Bonchev–Trinajstić information content (AvgIpc) is 2.48. The minimum absolute atomic E-state index is 0.0131. The minimum Gasteiger partial charge on any atom is -0.507 e. The van der Waals surface area contributed by atoms with Gasteiger partial charge in [-0.2, -0.15) is 0 Å². The summed E-state index contributed by atoms with van der Waals surface area (Å²) in [6.07, 6.45) is 1.98. The molecule has 0 atom stereocenters. The molecule has 0 saturated heterocycles. The largest absolute Gasteiger partial charge is 0.507 e. The van der Waals surface area contributed by atoms with E-state index in [-0.39, 0.29) is 11.5 Å². The number of benzene rings is 2. The molecule has 0 fully saturated rings. The second-order valence-electron chi connectivity index (χ2n) is 4.54. The van der Waals surface area contributed by atoms with Crippen molar-refractivity contribution in [3.05, 3.63) is 59.7 Å². The lowest BCUT2D eigenvalue weighted by atomic mass is 10.0. The van der Waals surface area contributed by atoms with Crippen molar-refractivity contribution in [1.29, 1.82) is 0 Å². The monoisotopic (exact) mass is 270 g/mol. The van der Waals surface area contributed by atoms with Crippen LogP contribution in [0.5, 0.6) is 11.5 Å². The molecule has 0 aliphatic rings. The van der Waals surface area contributed by atoms with Gasteiger partial charge in [-0.25, -0.2) is 0 Å². The highest BCUT2D eigenvalue weighted by atomic mass is 16.5. The molecule has 2 aromatic rings. The Morgan fingerprint density at radius 3 is 2.40 bits per heavy atom. The molecule has 2 aromatic carbocycles. The number of para-hydroxylation sites is 2. The SMILES string of the molecule is CCCCOc1ccccc1C(=O)c1ccccc1O. The fraction of sp³-hybridized carbons (Fsp3) is 0.235. The van der Waals surface area contributed by atoms with E-state index in [1.54, 1.807) is 36.4 Å². The van der Waals surface area contributed by atoms with Gasteiger partial charge < -0.3 is 9.84 Å². The zero-order valence-electron chi connectivity index (χ0n) is 11.5. The van der Waals surface area contributed by atoms with Gasteiger partial charge in [-0.1, -0.05) is 37.6 Å². The number of phenols is 1. The fourth-order valence-corrected chi connectivity index (χ4v) is 1.92. The molecule has 0 saturated carbocycles. The molecule has 0 spiro atoms. The summed E-state index contributed by atoms with van der Waals surface area (Å²) >= 11 is 0. The molecule has 104 valence electrons. The molecule has 0 aromatic heterocycles. The number of carbonyl (C=O) groups is 1. The summed E-state index contributed by atoms with van der Waals surface area (Å²) in [5.41, 5.74) is 0.768. The van der Waals surface area contributed by atoms with Crippen LogP contribution < -0.4 is 4.74 Å². The van der Waals surface area contributed by atoms with Crippen LogP contribution >= 0.6 is 0 Å². The highest BCUT2D eigenvalue weighted by Crippen LogP contribution is 2.25. The predicted octanol–water partition coefficient (Wildman–Crippen LogP) is 3.80. The highest BCUT2D eigenvalue weighted by molar-refractivity contribution is 6.12. The van der Waals surface area contributed by atoms with Crippen molar-refractivity contribution in [3.63, 3.8) is 0 Å². The van der Waals surface area contributed by atoms with Crippen LogP contribution in [0.15, 0.2) is 48.5 Å². The van der Waals surface area contributed by atoms with Crippen molar-refractivity contribution in [2.24, 2.45) is 0 Å². The number of hydrogen-bond acceptors (Lipinski definition) is 3. The molecule has 1 N–H and O–H groups in total. The first-order chi connectivity index (χ1) is 9.74. The Bertz CT molecular complexity index is 590. The minimum atomic E-state index is -0.227. The molecule has 3 heteroatoms. The summed E-state index contributed by atoms with van der Waals surface area (Å²) in [6.45, 7) is 2.67. The van der Waals surface area contributed by atoms with Gasteiger partial charge in [-0.15, -0.1) is 0 Å². The summed E-state index contributed by atoms with van der Waals surface area (Å²) < 4.78 is 5.66. The van der Waals surface area contributed by atoms with Gasteiger partial charge >= 0.3 is 0 Å². The molecule has 20 heavy (non-hydrogen) atoms. The van der Waals surface area contributed by atoms with E-state index >= 15 is 0 Å². The Kier molecular flexibility index (Phi) is 4.77. The Hall–Kier alpha value is -2.29. The number of ether oxygens (including phenoxy) is 1. The quantitative estimate of drug-likeness (QED) is 0.641. The maximum atomic E-state index is 12.5. The van der Waals surface area contributed by atoms with Gasteiger partial charge in [0.05, 0.1) is 17.7 Å². The lowest BCUT2D eigenvalue weighted by Crippen LogP contribution is -2.06. The average molecular weight is 270 g/mol. The summed E-state index contributed by atoms with van der Waals surface area (Å²) in [4.78, 5) is 12.5. The maximum absolute atomic E-state index is 12.5. The number of aromatic hydroxyl groups is 1. The molecular formula is C17H18O3. The van der Waals surface area contributed by atoms with Crippen molar-refractivity contribution in [2.45, 2.75) is 19.8 Å². The molecule has 0 amide bonds. The summed E-state index contributed by atoms with van der Waals surface area (Å²) in [5.74, 6) is 0.324. The van der Waals surface area contributed by atoms with Gasteiger partial charge in [-0.3, -0.25) is 4.79 Å². The molecule has 0 heterocycles. The topological polar surface area (TPSA) is 46.5 Å². The van der Waals surface area contributed by atoms with E-state index in [0.29, 0.717) is 23.5 Å². The Balaban J connectivity index is 2.28. The summed E-state index contributed by atoms with van der Waals surface area (Å²) in [7, 11) is 0. The number of ketones is 1. The highest BCUT2D eigenvalue weighted by Gasteiger charge is 2.16. The van der Waals surface area contributed by atoms with Gasteiger partial charge in [-0.05, 0) is 30.7 Å². The van der Waals surface area contributed by atoms with Crippen LogP contribution in [-0.4, -0.2) is 17.5 Å². The molecule has 0 bridgehead atoms. The van der Waals surface area contributed by atoms with Crippen molar-refractivity contribution in [1.82, 2.24) is 0 Å². The fourth-order valence-electron chi connectivity index (χ4n) is 1.92. The number of hydrogen-bond donors (Lipinski definition) is 1. The Labute approximate surface area is 118 Å². The zero-order chi connectivity index (χ0) is 14.4. The van der Waals surface area contributed by atoms with Crippen LogP contribution in [0.1, 0.15) is 35.7 Å². The predicted molar refractivity (Wildman–Crippen MR) is 78.4 cm³/mol. The van der Waals surface area contributed by atoms with E-state index in [1.165, 1.54) is 6.07 Å². The standard InChI is InChI=1S/C17H18O3/c1-2-3-12-20-16-11-7-5-9-14(16)17(19)13-8-4-6-10-15(13)18/h4-11,18H,2-3,12H2,1H3. The number of phenolic OH excluding ortho intramolecular Hbond substituents is 1. The van der Waals surface area contributed by atoms with E-state index in [4.69, 9.17) is 4.74 Å². The van der Waals surface area contributed by atoms with Crippen LogP contribution in [0.2, 0.25) is 0 Å². The molecular weight excluding hydrogens is 252 g/mol. The van der Waals surface area contributed by atoms with E-state index in [1.807, 2.05) is 6.07 Å². The van der Waals surface area contributed by atoms with Gasteiger partial charge in [0.2, 0.25) is 0 Å². The maximum Gasteiger partial charge on any atom is 0.200 e. The first-order valence-electron chi connectivity index (χ1n) is 6.78. The molecule has 2 rings (SSSR count). The van der Waals surface area contributed by atoms with Gasteiger partial charge in [0.1, 0.15) is 11.5 Å². The lowest BCUT2D eigenvalue weighted by molar-refractivity contribution is 0.103. The van der Waals surface area contributed by atoms with E-state index in [0.717, 1.165) is 12.8 Å². The van der Waals surface area contributed by atoms with Crippen LogP contribution in [-0.2, 0) is 0 Å². The number of carbonyl (C=O) groups excluding carboxylic acids is 1. The van der Waals surface area contributed by atoms with Crippen LogP contribution in [0, 0.1) is 0 Å². The third kappa shape index (κ3) is 3.18. The van der Waals surface area contributed by atoms with Crippen LogP contribution in [0.4, 0.5) is 0 Å². The van der Waals surface area contributed by atoms with E-state index in [2.05, 4.69) is 6.92 Å². The van der Waals surface area contributed by atoms with Crippen LogP contribution in [0.3, 0.4) is 0 Å². The molecule has 0 aliphatic carbocycles. The van der Waals surface area contributed by atoms with Crippen molar-refractivity contribution >= 4 is 5.78 Å². The third-order valence-corrected chi connectivity index (χ3v) is 3.04. The van der Waals surface area contributed by atoms with Crippen molar-refractivity contribution < 1.29 is 14.6 Å². The Morgan fingerprint density at radius 1 is 1.05 bits per heavy atom. The molecule has 0 aliphatic heterocycles. The summed E-state index contributed by atoms with van der Waals surface area (Å²) in [6, 6.07) is 13.7. The first kappa shape index (κ1) is 14.1. The smallest absolute Gasteiger partial charge is 0.200 e. The molecule has 3 nitrogen and oxygen atoms in total. The lowest BCUT2D eigenvalue weighted by Gasteiger charge is -2.11. The molecule has 0 radical (unpaired) electrons. The van der Waals surface area contributed by atoms with E-state index in [9.17, 15) is 9.90 Å². The van der Waals surface area contributed by atoms with Gasteiger partial charge in [0.15, 0.2) is 5.78 Å². The normalized spacial score (nSPS) is 10.2. The van der Waals surface area contributed by atoms with Gasteiger partial charge in [0.25, 0.3) is 0 Å². The number of rotatable bonds is 6. The number of unbranched alkanes of at least 4 members (excludes halogenated alkanes) is 1. The zero-order valence-corrected chi connectivity index (χ0v) is 11.5. The summed E-state index contributed by atoms with van der Waals surface area (Å²) in [5, 5.41) is 9.79.